The van der Waals surface area contributed by atoms with Crippen LogP contribution in [0.2, 0.25) is 25.7 Å². The zero-order chi connectivity index (χ0) is 25.9. The third-order valence-electron chi connectivity index (χ3n) is 6.06. The second kappa shape index (κ2) is 10.6. The van der Waals surface area contributed by atoms with E-state index in [1.165, 1.54) is 7.11 Å². The molecule has 0 aliphatic heterocycles. The number of benzene rings is 2. The van der Waals surface area contributed by atoms with Gasteiger partial charge in [-0.15, -0.1) is 0 Å². The second-order valence-corrected chi connectivity index (χ2v) is 15.5. The maximum absolute atomic E-state index is 13.1. The highest BCUT2D eigenvalue weighted by atomic mass is 28.3. The molecule has 0 unspecified atom stereocenters. The molecule has 2 aromatic heterocycles. The summed E-state index contributed by atoms with van der Waals surface area (Å²) < 4.78 is 19.2. The third-order valence-corrected chi connectivity index (χ3v) is 7.76. The first-order valence-corrected chi connectivity index (χ1v) is 15.6. The minimum Gasteiger partial charge on any atom is -0.464 e. The van der Waals surface area contributed by atoms with E-state index in [1.54, 1.807) is 6.07 Å². The molecule has 8 heteroatoms. The molecule has 188 valence electrons. The molecular formula is C28H32N2O5Si. The summed E-state index contributed by atoms with van der Waals surface area (Å²) in [5.74, 6) is 0.723. The van der Waals surface area contributed by atoms with Crippen LogP contribution >= 0.6 is 0 Å². The number of pyridine rings is 1. The van der Waals surface area contributed by atoms with E-state index in [2.05, 4.69) is 24.6 Å². The fourth-order valence-electron chi connectivity index (χ4n) is 4.13. The van der Waals surface area contributed by atoms with Gasteiger partial charge in [-0.05, 0) is 43.3 Å². The smallest absolute Gasteiger partial charge is 0.354 e. The molecular weight excluding hydrogens is 472 g/mol. The molecule has 0 aliphatic carbocycles. The van der Waals surface area contributed by atoms with Gasteiger partial charge in [0.2, 0.25) is 0 Å². The molecule has 0 spiro atoms. The molecule has 0 aliphatic rings. The number of carbonyl (C=O) groups is 1. The van der Waals surface area contributed by atoms with Crippen LogP contribution in [0.1, 0.15) is 16.2 Å². The molecule has 4 rings (SSSR count). The summed E-state index contributed by atoms with van der Waals surface area (Å²) in [5.41, 5.74) is 2.02. The number of esters is 1. The van der Waals surface area contributed by atoms with Crippen molar-refractivity contribution in [3.8, 4) is 22.8 Å². The molecule has 0 radical (unpaired) electrons. The van der Waals surface area contributed by atoms with Crippen LogP contribution in [0.25, 0.3) is 22.0 Å². The fraction of sp³-hybridized carbons (Fsp3) is 0.286. The minimum atomic E-state index is -1.26. The Bertz CT molecular complexity index is 1430. The topological polar surface area (TPSA) is 82.5 Å². The first-order valence-electron chi connectivity index (χ1n) is 11.9. The first-order chi connectivity index (χ1) is 17.2. The summed E-state index contributed by atoms with van der Waals surface area (Å²) in [5, 5.41) is 1.13. The number of hydrogen-bond donors (Lipinski definition) is 1. The maximum atomic E-state index is 13.1. The van der Waals surface area contributed by atoms with Crippen molar-refractivity contribution in [1.29, 1.82) is 0 Å². The van der Waals surface area contributed by atoms with Crippen LogP contribution in [0.3, 0.4) is 0 Å². The number of ether oxygens (including phenoxy) is 3. The average Bonchev–Trinajstić information content (AvgIpc) is 3.13. The summed E-state index contributed by atoms with van der Waals surface area (Å²) in [7, 11) is 0.0248. The van der Waals surface area contributed by atoms with Gasteiger partial charge < -0.3 is 23.8 Å². The van der Waals surface area contributed by atoms with Crippen molar-refractivity contribution in [2.75, 3.05) is 13.7 Å². The molecule has 0 fully saturated rings. The van der Waals surface area contributed by atoms with Gasteiger partial charge in [0.1, 0.15) is 23.9 Å². The van der Waals surface area contributed by atoms with Crippen molar-refractivity contribution in [1.82, 2.24) is 9.55 Å². The van der Waals surface area contributed by atoms with Gasteiger partial charge >= 0.3 is 5.97 Å². The van der Waals surface area contributed by atoms with Crippen molar-refractivity contribution in [3.63, 3.8) is 0 Å². The number of hydrogen-bond acceptors (Lipinski definition) is 5. The lowest BCUT2D eigenvalue weighted by Gasteiger charge is -2.18. The van der Waals surface area contributed by atoms with Crippen LogP contribution in [-0.2, 0) is 16.2 Å². The van der Waals surface area contributed by atoms with Crippen LogP contribution < -0.4 is 10.3 Å². The number of carbonyl (C=O) groups excluding carboxylic acids is 1. The number of nitrogens with one attached hydrogen (secondary N) is 1. The number of para-hydroxylation sites is 2. The number of methoxy groups -OCH3 is 1. The maximum Gasteiger partial charge on any atom is 0.354 e. The zero-order valence-electron chi connectivity index (χ0n) is 21.4. The van der Waals surface area contributed by atoms with Crippen LogP contribution in [0.15, 0.2) is 65.5 Å². The zero-order valence-corrected chi connectivity index (χ0v) is 22.4. The lowest BCUT2D eigenvalue weighted by Crippen LogP contribution is -2.22. The van der Waals surface area contributed by atoms with E-state index in [4.69, 9.17) is 14.2 Å². The number of fused-ring (bicyclic) bond motifs is 1. The SMILES string of the molecule is COC(=O)c1cc2c(-c3ccccc3Oc3ccccc3)n(COCC[Si](C)(C)C)c(C)c2c(=O)[nH]1. The summed E-state index contributed by atoms with van der Waals surface area (Å²) in [6.07, 6.45) is 0. The van der Waals surface area contributed by atoms with Crippen LogP contribution in [0.5, 0.6) is 11.5 Å². The van der Waals surface area contributed by atoms with E-state index < -0.39 is 14.0 Å². The van der Waals surface area contributed by atoms with Gasteiger partial charge in [-0.2, -0.15) is 0 Å². The summed E-state index contributed by atoms with van der Waals surface area (Å²) in [6.45, 7) is 9.72. The highest BCUT2D eigenvalue weighted by Crippen LogP contribution is 2.39. The van der Waals surface area contributed by atoms with E-state index in [1.807, 2.05) is 66.1 Å². The Balaban J connectivity index is 1.89. The van der Waals surface area contributed by atoms with E-state index >= 15 is 0 Å². The fourth-order valence-corrected chi connectivity index (χ4v) is 4.88. The number of aromatic amines is 1. The number of aryl methyl sites for hydroxylation is 1. The van der Waals surface area contributed by atoms with E-state index in [0.29, 0.717) is 28.9 Å². The van der Waals surface area contributed by atoms with Gasteiger partial charge in [-0.1, -0.05) is 50.0 Å². The largest absolute Gasteiger partial charge is 0.464 e. The molecule has 0 saturated carbocycles. The summed E-state index contributed by atoms with van der Waals surface area (Å²) in [4.78, 5) is 28.1. The highest BCUT2D eigenvalue weighted by Gasteiger charge is 2.23. The Morgan fingerprint density at radius 3 is 2.42 bits per heavy atom. The predicted molar refractivity (Wildman–Crippen MR) is 145 cm³/mol. The van der Waals surface area contributed by atoms with Crippen LogP contribution in [-0.4, -0.2) is 37.3 Å². The van der Waals surface area contributed by atoms with Crippen molar-refractivity contribution < 1.29 is 19.0 Å². The molecule has 0 bridgehead atoms. The lowest BCUT2D eigenvalue weighted by atomic mass is 10.1. The summed E-state index contributed by atoms with van der Waals surface area (Å²) >= 11 is 0. The normalized spacial score (nSPS) is 11.6. The lowest BCUT2D eigenvalue weighted by molar-refractivity contribution is 0.0594. The minimum absolute atomic E-state index is 0.0921. The van der Waals surface area contributed by atoms with Gasteiger partial charge in [0.05, 0.1) is 18.2 Å². The van der Waals surface area contributed by atoms with Gasteiger partial charge in [0.15, 0.2) is 0 Å². The van der Waals surface area contributed by atoms with Crippen LogP contribution in [0.4, 0.5) is 0 Å². The number of nitrogens with zero attached hydrogens (tertiary/aromatic N) is 1. The summed E-state index contributed by atoms with van der Waals surface area (Å²) in [6, 6.07) is 19.9. The average molecular weight is 505 g/mol. The molecule has 7 nitrogen and oxygen atoms in total. The van der Waals surface area contributed by atoms with Gasteiger partial charge in [-0.25, -0.2) is 4.79 Å². The number of aromatic nitrogens is 2. The molecule has 2 heterocycles. The monoisotopic (exact) mass is 504 g/mol. The van der Waals surface area contributed by atoms with Crippen LogP contribution in [0, 0.1) is 6.92 Å². The molecule has 4 aromatic rings. The van der Waals surface area contributed by atoms with Gasteiger partial charge in [-0.3, -0.25) is 4.79 Å². The molecule has 0 amide bonds. The quantitative estimate of drug-likeness (QED) is 0.167. The van der Waals surface area contributed by atoms with Crippen molar-refractivity contribution in [3.05, 3.63) is 82.4 Å². The standard InChI is InChI=1S/C28H32N2O5Si/c1-19-25-22(17-23(28(32)33-2)29-27(25)31)26(30(19)18-34-15-16-36(3,4)5)21-13-9-10-14-24(21)35-20-11-7-6-8-12-20/h6-14,17H,15-16,18H2,1-5H3,(H,29,31). The van der Waals surface area contributed by atoms with E-state index in [-0.39, 0.29) is 18.0 Å². The second-order valence-electron chi connectivity index (χ2n) is 9.91. The molecule has 0 atom stereocenters. The Labute approximate surface area is 211 Å². The van der Waals surface area contributed by atoms with Crippen molar-refractivity contribution in [2.45, 2.75) is 39.3 Å². The molecule has 1 N–H and O–H groups in total. The number of H-pyrrole nitrogens is 1. The first kappa shape index (κ1) is 25.5. The Morgan fingerprint density at radius 1 is 1.03 bits per heavy atom. The predicted octanol–water partition coefficient (Wildman–Crippen LogP) is 6.20. The van der Waals surface area contributed by atoms with E-state index in [9.17, 15) is 9.59 Å². The number of rotatable bonds is 9. The van der Waals surface area contributed by atoms with E-state index in [0.717, 1.165) is 23.0 Å². The Morgan fingerprint density at radius 2 is 1.72 bits per heavy atom. The molecule has 2 aromatic carbocycles. The molecule has 0 saturated heterocycles. The third kappa shape index (κ3) is 5.45. The Kier molecular flexibility index (Phi) is 7.47. The Hall–Kier alpha value is -3.62. The molecule has 36 heavy (non-hydrogen) atoms. The van der Waals surface area contributed by atoms with Gasteiger partial charge in [0.25, 0.3) is 5.56 Å². The van der Waals surface area contributed by atoms with Crippen molar-refractivity contribution in [2.24, 2.45) is 0 Å². The van der Waals surface area contributed by atoms with Gasteiger partial charge in [0, 0.05) is 31.3 Å². The van der Waals surface area contributed by atoms with Crippen molar-refractivity contribution >= 4 is 24.8 Å². The highest BCUT2D eigenvalue weighted by molar-refractivity contribution is 6.76.